The van der Waals surface area contributed by atoms with Crippen LogP contribution in [0, 0.1) is 5.82 Å². The van der Waals surface area contributed by atoms with Crippen molar-refractivity contribution in [3.63, 3.8) is 0 Å². The van der Waals surface area contributed by atoms with Gasteiger partial charge in [0.05, 0.1) is 5.69 Å². The van der Waals surface area contributed by atoms with Crippen molar-refractivity contribution in [2.24, 2.45) is 0 Å². The number of para-hydroxylation sites is 1. The zero-order valence-electron chi connectivity index (χ0n) is 12.8. The average Bonchev–Trinajstić information content (AvgIpc) is 2.56. The maximum Gasteiger partial charge on any atom is 0.265 e. The molecular formula is C17H15FN2O4. The zero-order chi connectivity index (χ0) is 17.1. The number of halogens is 1. The molecule has 2 aromatic rings. The molecule has 2 N–H and O–H groups in total. The van der Waals surface area contributed by atoms with Crippen LogP contribution < -0.4 is 20.1 Å². The normalized spacial score (nSPS) is 14.0. The maximum absolute atomic E-state index is 13.6. The van der Waals surface area contributed by atoms with Crippen molar-refractivity contribution in [2.75, 3.05) is 17.2 Å². The van der Waals surface area contributed by atoms with E-state index in [9.17, 15) is 14.0 Å². The van der Waals surface area contributed by atoms with Crippen molar-refractivity contribution in [2.45, 2.75) is 13.0 Å². The van der Waals surface area contributed by atoms with Gasteiger partial charge in [0.25, 0.3) is 11.8 Å². The number of fused-ring (bicyclic) bond motifs is 1. The number of amides is 2. The van der Waals surface area contributed by atoms with Gasteiger partial charge in [0.1, 0.15) is 5.75 Å². The third kappa shape index (κ3) is 3.45. The van der Waals surface area contributed by atoms with Crippen LogP contribution in [0.2, 0.25) is 0 Å². The highest BCUT2D eigenvalue weighted by Crippen LogP contribution is 2.30. The SMILES string of the molecule is C[C@H](Oc1ccccc1F)C(=O)Nc1ccc2c(c1)NC(=O)CO2. The van der Waals surface area contributed by atoms with E-state index in [0.717, 1.165) is 0 Å². The predicted molar refractivity (Wildman–Crippen MR) is 85.7 cm³/mol. The second-order valence-corrected chi connectivity index (χ2v) is 5.23. The number of benzene rings is 2. The molecular weight excluding hydrogens is 315 g/mol. The van der Waals surface area contributed by atoms with Gasteiger partial charge in [-0.15, -0.1) is 0 Å². The molecule has 6 nitrogen and oxygen atoms in total. The molecule has 1 aliphatic rings. The molecule has 0 fully saturated rings. The predicted octanol–water partition coefficient (Wildman–Crippen LogP) is 2.56. The smallest absolute Gasteiger partial charge is 0.265 e. The summed E-state index contributed by atoms with van der Waals surface area (Å²) in [6, 6.07) is 10.7. The van der Waals surface area contributed by atoms with Crippen molar-refractivity contribution >= 4 is 23.2 Å². The number of anilines is 2. The lowest BCUT2D eigenvalue weighted by Gasteiger charge is -2.19. The molecule has 3 rings (SSSR count). The van der Waals surface area contributed by atoms with Crippen molar-refractivity contribution < 1.29 is 23.5 Å². The first-order valence-corrected chi connectivity index (χ1v) is 7.31. The van der Waals surface area contributed by atoms with E-state index in [0.29, 0.717) is 17.1 Å². The van der Waals surface area contributed by atoms with Gasteiger partial charge in [-0.1, -0.05) is 12.1 Å². The average molecular weight is 330 g/mol. The maximum atomic E-state index is 13.6. The summed E-state index contributed by atoms with van der Waals surface area (Å²) in [5, 5.41) is 5.31. The quantitative estimate of drug-likeness (QED) is 0.903. The zero-order valence-corrected chi connectivity index (χ0v) is 12.8. The fourth-order valence-electron chi connectivity index (χ4n) is 2.19. The van der Waals surface area contributed by atoms with Crippen LogP contribution in [-0.4, -0.2) is 24.5 Å². The topological polar surface area (TPSA) is 76.7 Å². The van der Waals surface area contributed by atoms with E-state index in [1.165, 1.54) is 25.1 Å². The lowest BCUT2D eigenvalue weighted by molar-refractivity contribution is -0.122. The summed E-state index contributed by atoms with van der Waals surface area (Å²) >= 11 is 0. The third-order valence-corrected chi connectivity index (χ3v) is 3.39. The monoisotopic (exact) mass is 330 g/mol. The summed E-state index contributed by atoms with van der Waals surface area (Å²) < 4.78 is 24.1. The first kappa shape index (κ1) is 15.8. The van der Waals surface area contributed by atoms with E-state index in [-0.39, 0.29) is 18.3 Å². The van der Waals surface area contributed by atoms with Crippen molar-refractivity contribution in [3.8, 4) is 11.5 Å². The molecule has 7 heteroatoms. The Hall–Kier alpha value is -3.09. The highest BCUT2D eigenvalue weighted by molar-refractivity contribution is 5.98. The van der Waals surface area contributed by atoms with Crippen LogP contribution in [0.4, 0.5) is 15.8 Å². The summed E-state index contributed by atoms with van der Waals surface area (Å²) in [7, 11) is 0. The molecule has 0 unspecified atom stereocenters. The molecule has 2 amide bonds. The molecule has 1 atom stereocenters. The van der Waals surface area contributed by atoms with Crippen LogP contribution >= 0.6 is 0 Å². The van der Waals surface area contributed by atoms with E-state index in [4.69, 9.17) is 9.47 Å². The van der Waals surface area contributed by atoms with Gasteiger partial charge in [0.2, 0.25) is 0 Å². The Morgan fingerprint density at radius 2 is 2.12 bits per heavy atom. The van der Waals surface area contributed by atoms with Crippen LogP contribution in [-0.2, 0) is 9.59 Å². The van der Waals surface area contributed by atoms with Gasteiger partial charge in [-0.25, -0.2) is 4.39 Å². The Morgan fingerprint density at radius 3 is 2.92 bits per heavy atom. The summed E-state index contributed by atoms with van der Waals surface area (Å²) in [6.07, 6.45) is -0.899. The van der Waals surface area contributed by atoms with Crippen LogP contribution in [0.3, 0.4) is 0 Å². The first-order valence-electron chi connectivity index (χ1n) is 7.31. The van der Waals surface area contributed by atoms with E-state index < -0.39 is 17.8 Å². The number of carbonyl (C=O) groups is 2. The van der Waals surface area contributed by atoms with Crippen molar-refractivity contribution in [1.82, 2.24) is 0 Å². The first-order chi connectivity index (χ1) is 11.5. The minimum atomic E-state index is -0.899. The van der Waals surface area contributed by atoms with Crippen molar-refractivity contribution in [3.05, 3.63) is 48.3 Å². The molecule has 24 heavy (non-hydrogen) atoms. The molecule has 0 spiro atoms. The molecule has 0 aromatic heterocycles. The van der Waals surface area contributed by atoms with E-state index in [1.807, 2.05) is 0 Å². The molecule has 0 bridgehead atoms. The molecule has 0 saturated heterocycles. The summed E-state index contributed by atoms with van der Waals surface area (Å²) in [5.41, 5.74) is 0.945. The van der Waals surface area contributed by atoms with Gasteiger partial charge < -0.3 is 20.1 Å². The van der Waals surface area contributed by atoms with Gasteiger partial charge in [0.15, 0.2) is 24.3 Å². The van der Waals surface area contributed by atoms with Gasteiger partial charge in [-0.3, -0.25) is 9.59 Å². The summed E-state index contributed by atoms with van der Waals surface area (Å²) in [6.45, 7) is 1.48. The Morgan fingerprint density at radius 1 is 1.33 bits per heavy atom. The molecule has 1 aliphatic heterocycles. The van der Waals surface area contributed by atoms with E-state index in [2.05, 4.69) is 10.6 Å². The van der Waals surface area contributed by atoms with Gasteiger partial charge in [0, 0.05) is 5.69 Å². The number of hydrogen-bond acceptors (Lipinski definition) is 4. The standard InChI is InChI=1S/C17H15FN2O4/c1-10(24-14-5-3-2-4-12(14)18)17(22)19-11-6-7-15-13(8-11)20-16(21)9-23-15/h2-8,10H,9H2,1H3,(H,19,22)(H,20,21)/t10-/m0/s1. The van der Waals surface area contributed by atoms with E-state index in [1.54, 1.807) is 24.3 Å². The van der Waals surface area contributed by atoms with Crippen molar-refractivity contribution in [1.29, 1.82) is 0 Å². The van der Waals surface area contributed by atoms with Crippen LogP contribution in [0.1, 0.15) is 6.92 Å². The second-order valence-electron chi connectivity index (χ2n) is 5.23. The Kier molecular flexibility index (Phi) is 4.33. The van der Waals surface area contributed by atoms with Crippen LogP contribution in [0.15, 0.2) is 42.5 Å². The minimum absolute atomic E-state index is 0.00579. The molecule has 0 radical (unpaired) electrons. The van der Waals surface area contributed by atoms with Gasteiger partial charge in [-0.05, 0) is 37.3 Å². The molecule has 2 aromatic carbocycles. The fourth-order valence-corrected chi connectivity index (χ4v) is 2.19. The largest absolute Gasteiger partial charge is 0.482 e. The molecule has 0 aliphatic carbocycles. The molecule has 1 heterocycles. The third-order valence-electron chi connectivity index (χ3n) is 3.39. The summed E-state index contributed by atoms with van der Waals surface area (Å²) in [5.74, 6) is -0.705. The highest BCUT2D eigenvalue weighted by Gasteiger charge is 2.19. The van der Waals surface area contributed by atoms with Gasteiger partial charge in [-0.2, -0.15) is 0 Å². The van der Waals surface area contributed by atoms with Crippen LogP contribution in [0.25, 0.3) is 0 Å². The van der Waals surface area contributed by atoms with E-state index >= 15 is 0 Å². The highest BCUT2D eigenvalue weighted by atomic mass is 19.1. The number of hydrogen-bond donors (Lipinski definition) is 2. The Bertz CT molecular complexity index is 794. The number of nitrogens with one attached hydrogen (secondary N) is 2. The Labute approximate surface area is 137 Å². The number of carbonyl (C=O) groups excluding carboxylic acids is 2. The number of ether oxygens (including phenoxy) is 2. The van der Waals surface area contributed by atoms with Crippen LogP contribution in [0.5, 0.6) is 11.5 Å². The molecule has 124 valence electrons. The Balaban J connectivity index is 1.67. The number of rotatable bonds is 4. The lowest BCUT2D eigenvalue weighted by atomic mass is 10.2. The lowest BCUT2D eigenvalue weighted by Crippen LogP contribution is -2.30. The minimum Gasteiger partial charge on any atom is -0.482 e. The summed E-state index contributed by atoms with van der Waals surface area (Å²) in [4.78, 5) is 23.5. The van der Waals surface area contributed by atoms with Gasteiger partial charge >= 0.3 is 0 Å². The molecule has 0 saturated carbocycles. The fraction of sp³-hybridized carbons (Fsp3) is 0.176. The second kappa shape index (κ2) is 6.57.